The minimum absolute atomic E-state index is 0.583. The monoisotopic (exact) mass is 272 g/mol. The van der Waals surface area contributed by atoms with Crippen molar-refractivity contribution in [3.63, 3.8) is 0 Å². The molecule has 104 valence electrons. The molecule has 6 nitrogen and oxygen atoms in total. The maximum atomic E-state index is 5.87. The Morgan fingerprint density at radius 1 is 1.30 bits per heavy atom. The van der Waals surface area contributed by atoms with Crippen molar-refractivity contribution in [2.75, 3.05) is 12.8 Å². The molecule has 3 aromatic rings. The summed E-state index contributed by atoms with van der Waals surface area (Å²) in [5.41, 5.74) is 8.82. The first-order valence-corrected chi connectivity index (χ1v) is 6.36. The van der Waals surface area contributed by atoms with E-state index < -0.39 is 0 Å². The number of aryl methyl sites for hydroxylation is 1. The number of anilines is 1. The van der Waals surface area contributed by atoms with Gasteiger partial charge in [-0.05, 0) is 26.1 Å². The Balaban J connectivity index is 1.74. The van der Waals surface area contributed by atoms with E-state index >= 15 is 0 Å². The van der Waals surface area contributed by atoms with E-state index in [1.165, 1.54) is 0 Å². The third kappa shape index (κ3) is 2.50. The number of fused-ring (bicyclic) bond motifs is 1. The Hall–Kier alpha value is -2.34. The molecule has 0 radical (unpaired) electrons. The van der Waals surface area contributed by atoms with Crippen molar-refractivity contribution in [1.82, 2.24) is 15.0 Å². The average molecular weight is 272 g/mol. The van der Waals surface area contributed by atoms with Crippen LogP contribution < -0.4 is 5.73 Å². The Bertz CT molecular complexity index is 732. The summed E-state index contributed by atoms with van der Waals surface area (Å²) in [5.74, 6) is 1.45. The number of hydrogen-bond donors (Lipinski definition) is 1. The SMILES string of the molecule is Cc1cc(CN(C)Cc2nc3c(N)cccc3o2)no1. The third-order valence-electron chi connectivity index (χ3n) is 3.01. The van der Waals surface area contributed by atoms with E-state index in [2.05, 4.69) is 15.0 Å². The summed E-state index contributed by atoms with van der Waals surface area (Å²) in [5, 5.41) is 3.97. The van der Waals surface area contributed by atoms with Gasteiger partial charge in [-0.15, -0.1) is 0 Å². The maximum absolute atomic E-state index is 5.87. The number of para-hydroxylation sites is 1. The predicted molar refractivity (Wildman–Crippen MR) is 74.8 cm³/mol. The average Bonchev–Trinajstić information content (AvgIpc) is 2.96. The van der Waals surface area contributed by atoms with Gasteiger partial charge in [-0.3, -0.25) is 4.90 Å². The first-order chi connectivity index (χ1) is 9.61. The van der Waals surface area contributed by atoms with Gasteiger partial charge in [-0.1, -0.05) is 11.2 Å². The molecule has 0 aliphatic carbocycles. The van der Waals surface area contributed by atoms with Crippen LogP contribution in [0.3, 0.4) is 0 Å². The molecule has 0 unspecified atom stereocenters. The summed E-state index contributed by atoms with van der Waals surface area (Å²) in [4.78, 5) is 6.48. The third-order valence-corrected chi connectivity index (χ3v) is 3.01. The van der Waals surface area contributed by atoms with Crippen LogP contribution in [0.15, 0.2) is 33.2 Å². The molecule has 0 saturated heterocycles. The Kier molecular flexibility index (Phi) is 3.15. The lowest BCUT2D eigenvalue weighted by Gasteiger charge is -2.11. The predicted octanol–water partition coefficient (Wildman–Crippen LogP) is 2.34. The van der Waals surface area contributed by atoms with Crippen LogP contribution in [0.4, 0.5) is 5.69 Å². The summed E-state index contributed by atoms with van der Waals surface area (Å²) in [7, 11) is 1.97. The highest BCUT2D eigenvalue weighted by molar-refractivity contribution is 5.85. The molecular formula is C14H16N4O2. The van der Waals surface area contributed by atoms with E-state index in [1.807, 2.05) is 38.2 Å². The lowest BCUT2D eigenvalue weighted by atomic mass is 10.3. The van der Waals surface area contributed by atoms with Crippen LogP contribution in [0, 0.1) is 6.92 Å². The summed E-state index contributed by atoms with van der Waals surface area (Å²) in [6.45, 7) is 3.13. The lowest BCUT2D eigenvalue weighted by molar-refractivity contribution is 0.274. The van der Waals surface area contributed by atoms with Gasteiger partial charge in [0.2, 0.25) is 5.89 Å². The molecule has 3 rings (SSSR count). The van der Waals surface area contributed by atoms with Crippen LogP contribution in [0.2, 0.25) is 0 Å². The molecular weight excluding hydrogens is 256 g/mol. The summed E-state index contributed by atoms with van der Waals surface area (Å²) >= 11 is 0. The lowest BCUT2D eigenvalue weighted by Crippen LogP contribution is -2.17. The fraction of sp³-hybridized carbons (Fsp3) is 0.286. The molecule has 1 aromatic carbocycles. The van der Waals surface area contributed by atoms with Crippen molar-refractivity contribution < 1.29 is 8.94 Å². The Morgan fingerprint density at radius 2 is 2.15 bits per heavy atom. The van der Waals surface area contributed by atoms with Crippen LogP contribution in [0.1, 0.15) is 17.3 Å². The number of rotatable bonds is 4. The number of hydrogen-bond acceptors (Lipinski definition) is 6. The van der Waals surface area contributed by atoms with Gasteiger partial charge in [-0.25, -0.2) is 4.98 Å². The van der Waals surface area contributed by atoms with Crippen LogP contribution in [0.5, 0.6) is 0 Å². The van der Waals surface area contributed by atoms with Gasteiger partial charge in [0.15, 0.2) is 5.58 Å². The molecule has 0 atom stereocenters. The molecule has 2 heterocycles. The molecule has 0 bridgehead atoms. The van der Waals surface area contributed by atoms with E-state index in [9.17, 15) is 0 Å². The smallest absolute Gasteiger partial charge is 0.209 e. The molecule has 6 heteroatoms. The zero-order chi connectivity index (χ0) is 14.1. The van der Waals surface area contributed by atoms with Crippen molar-refractivity contribution in [2.24, 2.45) is 0 Å². The molecule has 0 saturated carbocycles. The van der Waals surface area contributed by atoms with Crippen molar-refractivity contribution in [3.05, 3.63) is 41.6 Å². The van der Waals surface area contributed by atoms with Gasteiger partial charge >= 0.3 is 0 Å². The Labute approximate surface area is 116 Å². The highest BCUT2D eigenvalue weighted by Gasteiger charge is 2.11. The molecule has 0 amide bonds. The van der Waals surface area contributed by atoms with Crippen LogP contribution in [0.25, 0.3) is 11.1 Å². The second-order valence-electron chi connectivity index (χ2n) is 4.90. The van der Waals surface area contributed by atoms with E-state index in [0.717, 1.165) is 11.5 Å². The van der Waals surface area contributed by atoms with E-state index in [1.54, 1.807) is 0 Å². The second-order valence-corrected chi connectivity index (χ2v) is 4.90. The number of aromatic nitrogens is 2. The van der Waals surface area contributed by atoms with E-state index in [0.29, 0.717) is 35.8 Å². The first-order valence-electron chi connectivity index (χ1n) is 6.36. The molecule has 2 aromatic heterocycles. The summed E-state index contributed by atoms with van der Waals surface area (Å²) in [6, 6.07) is 7.45. The molecule has 0 fully saturated rings. The zero-order valence-electron chi connectivity index (χ0n) is 11.5. The number of nitrogens with two attached hydrogens (primary N) is 1. The quantitative estimate of drug-likeness (QED) is 0.734. The van der Waals surface area contributed by atoms with Crippen LogP contribution >= 0.6 is 0 Å². The van der Waals surface area contributed by atoms with Crippen molar-refractivity contribution >= 4 is 16.8 Å². The van der Waals surface area contributed by atoms with Gasteiger partial charge < -0.3 is 14.7 Å². The minimum atomic E-state index is 0.583. The molecule has 20 heavy (non-hydrogen) atoms. The topological polar surface area (TPSA) is 81.3 Å². The van der Waals surface area contributed by atoms with Crippen LogP contribution in [-0.2, 0) is 13.1 Å². The van der Waals surface area contributed by atoms with Gasteiger partial charge in [0, 0.05) is 12.6 Å². The number of benzene rings is 1. The number of nitrogens with zero attached hydrogens (tertiary/aromatic N) is 3. The van der Waals surface area contributed by atoms with Gasteiger partial charge in [0.05, 0.1) is 17.9 Å². The van der Waals surface area contributed by atoms with Crippen molar-refractivity contribution in [3.8, 4) is 0 Å². The van der Waals surface area contributed by atoms with Gasteiger partial charge in [-0.2, -0.15) is 0 Å². The molecule has 0 spiro atoms. The van der Waals surface area contributed by atoms with E-state index in [4.69, 9.17) is 14.7 Å². The normalized spacial score (nSPS) is 11.6. The van der Waals surface area contributed by atoms with E-state index in [-0.39, 0.29) is 0 Å². The largest absolute Gasteiger partial charge is 0.439 e. The maximum Gasteiger partial charge on any atom is 0.209 e. The number of oxazole rings is 1. The van der Waals surface area contributed by atoms with Crippen LogP contribution in [-0.4, -0.2) is 22.1 Å². The standard InChI is InChI=1S/C14H16N4O2/c1-9-6-10(17-20-9)7-18(2)8-13-16-14-11(15)4-3-5-12(14)19-13/h3-6H,7-8,15H2,1-2H3. The number of nitrogen functional groups attached to an aromatic ring is 1. The minimum Gasteiger partial charge on any atom is -0.439 e. The fourth-order valence-corrected chi connectivity index (χ4v) is 2.14. The van der Waals surface area contributed by atoms with Gasteiger partial charge in [0.1, 0.15) is 11.3 Å². The summed E-state index contributed by atoms with van der Waals surface area (Å²) in [6.07, 6.45) is 0. The van der Waals surface area contributed by atoms with Crippen molar-refractivity contribution in [1.29, 1.82) is 0 Å². The van der Waals surface area contributed by atoms with Crippen molar-refractivity contribution in [2.45, 2.75) is 20.0 Å². The Morgan fingerprint density at radius 3 is 2.85 bits per heavy atom. The molecule has 0 aliphatic heterocycles. The highest BCUT2D eigenvalue weighted by atomic mass is 16.5. The van der Waals surface area contributed by atoms with Gasteiger partial charge in [0.25, 0.3) is 0 Å². The fourth-order valence-electron chi connectivity index (χ4n) is 2.14. The second kappa shape index (κ2) is 4.97. The molecule has 2 N–H and O–H groups in total. The molecule has 0 aliphatic rings. The zero-order valence-corrected chi connectivity index (χ0v) is 11.5. The highest BCUT2D eigenvalue weighted by Crippen LogP contribution is 2.21. The first kappa shape index (κ1) is 12.7. The summed E-state index contributed by atoms with van der Waals surface area (Å²) < 4.78 is 10.7.